The van der Waals surface area contributed by atoms with Gasteiger partial charge in [0.15, 0.2) is 15.6 Å². The molecule has 2 rings (SSSR count). The maximum absolute atomic E-state index is 12.0. The molecule has 0 spiro atoms. The van der Waals surface area contributed by atoms with Crippen molar-refractivity contribution in [2.75, 3.05) is 6.26 Å². The standard InChI is InChI=1S/C14H16O3S/c1-9-13(10(2)15)8-11-6-4-5-7-12(11)14(9)18(3,16)17/h4-9,14H,1-3H3/t9-,14?/m1/s1. The molecule has 3 nitrogen and oxygen atoms in total. The van der Waals surface area contributed by atoms with Gasteiger partial charge in [-0.2, -0.15) is 0 Å². The van der Waals surface area contributed by atoms with Crippen LogP contribution in [0.4, 0.5) is 0 Å². The van der Waals surface area contributed by atoms with Crippen molar-refractivity contribution in [3.05, 3.63) is 41.0 Å². The Labute approximate surface area is 107 Å². The molecule has 0 saturated heterocycles. The molecule has 0 radical (unpaired) electrons. The first-order chi connectivity index (χ1) is 8.32. The first-order valence-corrected chi connectivity index (χ1v) is 7.78. The molecule has 1 unspecified atom stereocenters. The van der Waals surface area contributed by atoms with Crippen molar-refractivity contribution in [1.29, 1.82) is 0 Å². The average molecular weight is 264 g/mol. The van der Waals surface area contributed by atoms with E-state index in [0.717, 1.165) is 11.1 Å². The molecule has 18 heavy (non-hydrogen) atoms. The van der Waals surface area contributed by atoms with E-state index in [1.165, 1.54) is 13.2 Å². The predicted octanol–water partition coefficient (Wildman–Crippen LogP) is 2.39. The number of rotatable bonds is 2. The molecule has 0 bridgehead atoms. The molecular formula is C14H16O3S. The molecule has 2 atom stereocenters. The van der Waals surface area contributed by atoms with Gasteiger partial charge in [-0.1, -0.05) is 31.2 Å². The van der Waals surface area contributed by atoms with E-state index in [9.17, 15) is 13.2 Å². The Bertz CT molecular complexity index is 626. The third-order valence-electron chi connectivity index (χ3n) is 3.43. The van der Waals surface area contributed by atoms with E-state index in [-0.39, 0.29) is 11.7 Å². The lowest BCUT2D eigenvalue weighted by atomic mass is 9.82. The molecule has 1 aromatic carbocycles. The van der Waals surface area contributed by atoms with Crippen LogP contribution in [-0.4, -0.2) is 20.5 Å². The minimum absolute atomic E-state index is 0.0642. The number of sulfone groups is 1. The number of carbonyl (C=O) groups excluding carboxylic acids is 1. The number of carbonyl (C=O) groups is 1. The first kappa shape index (κ1) is 13.0. The van der Waals surface area contributed by atoms with Crippen LogP contribution in [0.3, 0.4) is 0 Å². The summed E-state index contributed by atoms with van der Waals surface area (Å²) in [6, 6.07) is 7.35. The van der Waals surface area contributed by atoms with Crippen LogP contribution in [-0.2, 0) is 14.6 Å². The van der Waals surface area contributed by atoms with Gasteiger partial charge in [0.2, 0.25) is 0 Å². The van der Waals surface area contributed by atoms with Crippen LogP contribution in [0.15, 0.2) is 29.8 Å². The monoisotopic (exact) mass is 264 g/mol. The van der Waals surface area contributed by atoms with Crippen LogP contribution in [0.1, 0.15) is 30.2 Å². The summed E-state index contributed by atoms with van der Waals surface area (Å²) in [5.41, 5.74) is 2.21. The van der Waals surface area contributed by atoms with Gasteiger partial charge in [0, 0.05) is 12.2 Å². The molecule has 96 valence electrons. The third-order valence-corrected chi connectivity index (χ3v) is 5.01. The van der Waals surface area contributed by atoms with Crippen molar-refractivity contribution in [2.45, 2.75) is 19.1 Å². The summed E-state index contributed by atoms with van der Waals surface area (Å²) >= 11 is 0. The molecule has 0 saturated carbocycles. The smallest absolute Gasteiger partial charge is 0.156 e. The summed E-state index contributed by atoms with van der Waals surface area (Å²) in [6.45, 7) is 3.28. The quantitative estimate of drug-likeness (QED) is 0.824. The molecule has 1 aliphatic rings. The molecule has 1 aliphatic carbocycles. The largest absolute Gasteiger partial charge is 0.295 e. The Balaban J connectivity index is 2.71. The molecule has 0 N–H and O–H groups in total. The SMILES string of the molecule is CC(=O)C1=Cc2ccccc2C(S(C)(=O)=O)[C@@H]1C. The van der Waals surface area contributed by atoms with Gasteiger partial charge in [0.05, 0.1) is 5.25 Å². The lowest BCUT2D eigenvalue weighted by molar-refractivity contribution is -0.114. The summed E-state index contributed by atoms with van der Waals surface area (Å²) in [6.07, 6.45) is 3.04. The average Bonchev–Trinajstić information content (AvgIpc) is 2.25. The maximum atomic E-state index is 12.0. The van der Waals surface area contributed by atoms with Gasteiger partial charge in [-0.05, 0) is 29.7 Å². The number of fused-ring (bicyclic) bond motifs is 1. The molecular weight excluding hydrogens is 248 g/mol. The lowest BCUT2D eigenvalue weighted by Crippen LogP contribution is -2.26. The van der Waals surface area contributed by atoms with Gasteiger partial charge >= 0.3 is 0 Å². The topological polar surface area (TPSA) is 51.2 Å². The number of Topliss-reactive ketones (excluding diaryl/α,β-unsaturated/α-hetero) is 1. The Morgan fingerprint density at radius 3 is 2.39 bits per heavy atom. The van der Waals surface area contributed by atoms with Gasteiger partial charge in [0.1, 0.15) is 0 Å². The Hall–Kier alpha value is -1.42. The number of hydrogen-bond acceptors (Lipinski definition) is 3. The van der Waals surface area contributed by atoms with E-state index in [1.807, 2.05) is 30.3 Å². The second-order valence-electron chi connectivity index (χ2n) is 4.82. The Kier molecular flexibility index (Phi) is 3.15. The zero-order chi connectivity index (χ0) is 13.5. The zero-order valence-electron chi connectivity index (χ0n) is 10.7. The van der Waals surface area contributed by atoms with Gasteiger partial charge in [0.25, 0.3) is 0 Å². The molecule has 0 aromatic heterocycles. The van der Waals surface area contributed by atoms with Gasteiger partial charge in [-0.15, -0.1) is 0 Å². The molecule has 0 fully saturated rings. The highest BCUT2D eigenvalue weighted by atomic mass is 32.2. The van der Waals surface area contributed by atoms with Crippen molar-refractivity contribution in [2.24, 2.45) is 5.92 Å². The highest BCUT2D eigenvalue weighted by Gasteiger charge is 2.36. The van der Waals surface area contributed by atoms with Crippen LogP contribution >= 0.6 is 0 Å². The highest BCUT2D eigenvalue weighted by molar-refractivity contribution is 7.91. The van der Waals surface area contributed by atoms with Crippen LogP contribution < -0.4 is 0 Å². The molecule has 0 aliphatic heterocycles. The molecule has 1 aromatic rings. The number of benzene rings is 1. The fraction of sp³-hybridized carbons (Fsp3) is 0.357. The normalized spacial score (nSPS) is 23.2. The van der Waals surface area contributed by atoms with Crippen LogP contribution in [0.5, 0.6) is 0 Å². The van der Waals surface area contributed by atoms with Crippen LogP contribution in [0.25, 0.3) is 6.08 Å². The molecule has 4 heteroatoms. The minimum Gasteiger partial charge on any atom is -0.295 e. The van der Waals surface area contributed by atoms with Crippen molar-refractivity contribution in [1.82, 2.24) is 0 Å². The fourth-order valence-corrected chi connectivity index (χ4v) is 4.22. The third kappa shape index (κ3) is 2.12. The Morgan fingerprint density at radius 2 is 1.83 bits per heavy atom. The fourth-order valence-electron chi connectivity index (χ4n) is 2.66. The van der Waals surface area contributed by atoms with Gasteiger partial charge in [-0.3, -0.25) is 4.79 Å². The Morgan fingerprint density at radius 1 is 1.22 bits per heavy atom. The summed E-state index contributed by atoms with van der Waals surface area (Å²) in [5, 5.41) is -0.627. The van der Waals surface area contributed by atoms with Gasteiger partial charge in [-0.25, -0.2) is 8.42 Å². The van der Waals surface area contributed by atoms with E-state index >= 15 is 0 Å². The van der Waals surface area contributed by atoms with E-state index in [0.29, 0.717) is 5.57 Å². The van der Waals surface area contributed by atoms with E-state index < -0.39 is 15.1 Å². The molecule has 0 amide bonds. The number of hydrogen-bond donors (Lipinski definition) is 0. The number of allylic oxidation sites excluding steroid dienone is 1. The number of ketones is 1. The second-order valence-corrected chi connectivity index (χ2v) is 6.99. The van der Waals surface area contributed by atoms with E-state index in [4.69, 9.17) is 0 Å². The maximum Gasteiger partial charge on any atom is 0.156 e. The summed E-state index contributed by atoms with van der Waals surface area (Å²) in [4.78, 5) is 11.6. The van der Waals surface area contributed by atoms with Crippen LogP contribution in [0, 0.1) is 5.92 Å². The van der Waals surface area contributed by atoms with E-state index in [2.05, 4.69) is 0 Å². The van der Waals surface area contributed by atoms with Gasteiger partial charge < -0.3 is 0 Å². The highest BCUT2D eigenvalue weighted by Crippen LogP contribution is 2.41. The zero-order valence-corrected chi connectivity index (χ0v) is 11.5. The predicted molar refractivity (Wildman–Crippen MR) is 71.8 cm³/mol. The van der Waals surface area contributed by atoms with Crippen molar-refractivity contribution in [3.8, 4) is 0 Å². The van der Waals surface area contributed by atoms with Crippen molar-refractivity contribution >= 4 is 21.7 Å². The summed E-state index contributed by atoms with van der Waals surface area (Å²) in [7, 11) is -3.25. The first-order valence-electron chi connectivity index (χ1n) is 5.82. The minimum atomic E-state index is -3.25. The second kappa shape index (κ2) is 4.35. The van der Waals surface area contributed by atoms with Crippen LogP contribution in [0.2, 0.25) is 0 Å². The molecule has 0 heterocycles. The lowest BCUT2D eigenvalue weighted by Gasteiger charge is -2.29. The summed E-state index contributed by atoms with van der Waals surface area (Å²) in [5.74, 6) is -0.363. The van der Waals surface area contributed by atoms with E-state index in [1.54, 1.807) is 6.92 Å². The van der Waals surface area contributed by atoms with Crippen molar-refractivity contribution in [3.63, 3.8) is 0 Å². The summed E-state index contributed by atoms with van der Waals surface area (Å²) < 4.78 is 24.0. The van der Waals surface area contributed by atoms with Crippen molar-refractivity contribution < 1.29 is 13.2 Å².